The molecular weight excluding hydrogens is 216 g/mol. The molecule has 0 aliphatic heterocycles. The molecule has 0 radical (unpaired) electrons. The number of hydrogen-bond donors (Lipinski definition) is 0. The minimum atomic E-state index is -0.257. The van der Waals surface area contributed by atoms with Gasteiger partial charge in [-0.3, -0.25) is 0 Å². The fraction of sp³-hybridized carbons (Fsp3) is 0.333. The van der Waals surface area contributed by atoms with Crippen molar-refractivity contribution >= 4 is 0 Å². The minimum Gasteiger partial charge on any atom is -0.0591 e. The summed E-state index contributed by atoms with van der Waals surface area (Å²) in [4.78, 5) is 0. The molecule has 0 N–H and O–H groups in total. The van der Waals surface area contributed by atoms with Crippen molar-refractivity contribution in [2.24, 2.45) is 0 Å². The van der Waals surface area contributed by atoms with E-state index in [1.54, 1.807) is 0 Å². The molecule has 0 bridgehead atoms. The lowest BCUT2D eigenvalue weighted by Crippen LogP contribution is -1.96. The van der Waals surface area contributed by atoms with E-state index in [0.29, 0.717) is 13.3 Å². The van der Waals surface area contributed by atoms with Gasteiger partial charge in [0.05, 0.1) is 0 Å². The van der Waals surface area contributed by atoms with Crippen LogP contribution in [0.15, 0.2) is 48.5 Å². The second-order valence-corrected chi connectivity index (χ2v) is 4.96. The van der Waals surface area contributed by atoms with E-state index in [1.807, 2.05) is 12.1 Å². The first-order chi connectivity index (χ1) is 9.60. The zero-order valence-corrected chi connectivity index (χ0v) is 11.2. The maximum Gasteiger partial charge on any atom is 0.0316 e. The van der Waals surface area contributed by atoms with Crippen LogP contribution in [0.5, 0.6) is 0 Å². The van der Waals surface area contributed by atoms with Gasteiger partial charge < -0.3 is 0 Å². The molecule has 0 fully saturated rings. The summed E-state index contributed by atoms with van der Waals surface area (Å²) in [7, 11) is 0. The molecule has 0 saturated heterocycles. The lowest BCUT2D eigenvalue weighted by molar-refractivity contribution is 0.679. The Morgan fingerprint density at radius 1 is 0.944 bits per heavy atom. The van der Waals surface area contributed by atoms with Crippen molar-refractivity contribution in [1.82, 2.24) is 0 Å². The van der Waals surface area contributed by atoms with Crippen molar-refractivity contribution in [3.05, 3.63) is 70.8 Å². The van der Waals surface area contributed by atoms with Crippen LogP contribution >= 0.6 is 0 Å². The lowest BCUT2D eigenvalue weighted by atomic mass is 9.93. The van der Waals surface area contributed by atoms with Crippen LogP contribution in [-0.4, -0.2) is 0 Å². The molecular formula is C18H22. The monoisotopic (exact) mass is 240 g/mol. The highest BCUT2D eigenvalue weighted by Crippen LogP contribution is 2.21. The molecule has 94 valence electrons. The summed E-state index contributed by atoms with van der Waals surface area (Å²) in [6.07, 6.45) is 0.447. The summed E-state index contributed by atoms with van der Waals surface area (Å²) in [5, 5.41) is 0. The smallest absolute Gasteiger partial charge is 0.0316 e. The maximum atomic E-state index is 8.33. The third-order valence-electron chi connectivity index (χ3n) is 3.26. The molecule has 0 spiro atoms. The van der Waals surface area contributed by atoms with Gasteiger partial charge in [0.2, 0.25) is 0 Å². The summed E-state index contributed by atoms with van der Waals surface area (Å²) in [5.74, 6) is 0.138. The van der Waals surface area contributed by atoms with E-state index in [9.17, 15) is 0 Å². The van der Waals surface area contributed by atoms with Crippen LogP contribution in [0.25, 0.3) is 0 Å². The first-order valence-electron chi connectivity index (χ1n) is 7.73. The highest BCUT2D eigenvalue weighted by molar-refractivity contribution is 5.25. The molecule has 0 heteroatoms. The standard InChI is InChI=1S/C18H22/c1-14-4-9-17(10-5-14)11-8-16(3)18-12-6-15(2)7-13-18/h4-7,9-10,12-13,16H,8,11H2,1-3H3/i3D,11D. The second-order valence-electron chi connectivity index (χ2n) is 4.96. The number of rotatable bonds is 4. The van der Waals surface area contributed by atoms with Gasteiger partial charge in [0.15, 0.2) is 0 Å². The predicted molar refractivity (Wildman–Crippen MR) is 79.1 cm³/mol. The normalized spacial score (nSPS) is 15.7. The molecule has 0 aliphatic rings. The van der Waals surface area contributed by atoms with Gasteiger partial charge in [-0.15, -0.1) is 0 Å². The van der Waals surface area contributed by atoms with E-state index in [0.717, 1.165) is 5.56 Å². The highest BCUT2D eigenvalue weighted by Gasteiger charge is 2.05. The van der Waals surface area contributed by atoms with Crippen LogP contribution in [0.4, 0.5) is 0 Å². The van der Waals surface area contributed by atoms with E-state index >= 15 is 0 Å². The first-order valence-corrected chi connectivity index (χ1v) is 6.44. The summed E-state index contributed by atoms with van der Waals surface area (Å²) in [6, 6.07) is 16.5. The first kappa shape index (κ1) is 10.4. The summed E-state index contributed by atoms with van der Waals surface area (Å²) < 4.78 is 16.1. The summed E-state index contributed by atoms with van der Waals surface area (Å²) in [6.45, 7) is 4.46. The fourth-order valence-corrected chi connectivity index (χ4v) is 1.96. The Hall–Kier alpha value is -1.56. The average Bonchev–Trinajstić information content (AvgIpc) is 2.46. The lowest BCUT2D eigenvalue weighted by Gasteiger charge is -2.12. The number of benzene rings is 2. The van der Waals surface area contributed by atoms with E-state index in [-0.39, 0.29) is 12.3 Å². The van der Waals surface area contributed by atoms with Crippen LogP contribution in [0.2, 0.25) is 0 Å². The molecule has 2 aromatic rings. The fourth-order valence-electron chi connectivity index (χ4n) is 1.96. The van der Waals surface area contributed by atoms with Gasteiger partial charge in [0.1, 0.15) is 0 Å². The Morgan fingerprint density at radius 2 is 1.50 bits per heavy atom. The SMILES string of the molecule is [2H]CC(CC([2H])c1ccc(C)cc1)c1ccc(C)cc1. The van der Waals surface area contributed by atoms with E-state index in [1.165, 1.54) is 16.7 Å². The molecule has 0 saturated carbocycles. The Kier molecular flexibility index (Phi) is 3.38. The van der Waals surface area contributed by atoms with Crippen LogP contribution in [0.3, 0.4) is 0 Å². The quantitative estimate of drug-likeness (QED) is 0.702. The maximum absolute atomic E-state index is 8.33. The third-order valence-corrected chi connectivity index (χ3v) is 3.26. The van der Waals surface area contributed by atoms with E-state index in [4.69, 9.17) is 2.74 Å². The van der Waals surface area contributed by atoms with Gasteiger partial charge in [-0.25, -0.2) is 0 Å². The minimum absolute atomic E-state index is 0.138. The van der Waals surface area contributed by atoms with Crippen LogP contribution in [-0.2, 0) is 6.40 Å². The van der Waals surface area contributed by atoms with E-state index < -0.39 is 0 Å². The molecule has 0 amide bonds. The molecule has 2 unspecified atom stereocenters. The highest BCUT2D eigenvalue weighted by atomic mass is 14.1. The molecule has 18 heavy (non-hydrogen) atoms. The summed E-state index contributed by atoms with van der Waals surface area (Å²) in [5.41, 5.74) is 4.67. The Bertz CT molecular complexity index is 528. The van der Waals surface area contributed by atoms with Gasteiger partial charge in [-0.05, 0) is 43.7 Å². The Balaban J connectivity index is 2.09. The molecule has 0 nitrogen and oxygen atoms in total. The van der Waals surface area contributed by atoms with Crippen molar-refractivity contribution in [3.63, 3.8) is 0 Å². The molecule has 2 rings (SSSR count). The van der Waals surface area contributed by atoms with Crippen molar-refractivity contribution in [3.8, 4) is 0 Å². The van der Waals surface area contributed by atoms with Gasteiger partial charge in [0.25, 0.3) is 0 Å². The van der Waals surface area contributed by atoms with E-state index in [2.05, 4.69) is 50.2 Å². The van der Waals surface area contributed by atoms with Crippen LogP contribution < -0.4 is 0 Å². The second kappa shape index (κ2) is 5.86. The Labute approximate surface area is 113 Å². The zero-order valence-electron chi connectivity index (χ0n) is 13.2. The predicted octanol–water partition coefficient (Wildman–Crippen LogP) is 5.04. The largest absolute Gasteiger partial charge is 0.0591 e. The van der Waals surface area contributed by atoms with Gasteiger partial charge in [-0.2, -0.15) is 0 Å². The summed E-state index contributed by atoms with van der Waals surface area (Å²) >= 11 is 0. The number of hydrogen-bond acceptors (Lipinski definition) is 0. The number of aryl methyl sites for hydroxylation is 3. The van der Waals surface area contributed by atoms with Crippen molar-refractivity contribution in [1.29, 1.82) is 0 Å². The molecule has 0 aliphatic carbocycles. The van der Waals surface area contributed by atoms with Gasteiger partial charge in [0, 0.05) is 2.74 Å². The Morgan fingerprint density at radius 3 is 2.06 bits per heavy atom. The third kappa shape index (κ3) is 3.46. The molecule has 0 heterocycles. The topological polar surface area (TPSA) is 0 Å². The zero-order chi connectivity index (χ0) is 14.5. The molecule has 2 aromatic carbocycles. The van der Waals surface area contributed by atoms with Crippen molar-refractivity contribution in [2.75, 3.05) is 0 Å². The van der Waals surface area contributed by atoms with Gasteiger partial charge >= 0.3 is 0 Å². The van der Waals surface area contributed by atoms with Crippen LogP contribution in [0.1, 0.15) is 44.2 Å². The van der Waals surface area contributed by atoms with Crippen molar-refractivity contribution in [2.45, 2.75) is 39.5 Å². The van der Waals surface area contributed by atoms with Gasteiger partial charge in [-0.1, -0.05) is 66.6 Å². The molecule has 0 aromatic heterocycles. The average molecular weight is 240 g/mol. The molecule has 2 atom stereocenters. The van der Waals surface area contributed by atoms with Crippen LogP contribution in [0, 0.1) is 13.8 Å². The van der Waals surface area contributed by atoms with Crippen molar-refractivity contribution < 1.29 is 2.74 Å².